The third-order valence-electron chi connectivity index (χ3n) is 5.26. The van der Waals surface area contributed by atoms with Crippen LogP contribution in [0.25, 0.3) is 10.2 Å². The SMILES string of the molecule is C=CCn1c(=NC(=O)C2CCCN2S(=O)(=O)c2ccc(Cl)cc2)sc2cc(C)ccc21. The van der Waals surface area contributed by atoms with Crippen LogP contribution in [0.2, 0.25) is 5.02 Å². The Bertz CT molecular complexity index is 1320. The Morgan fingerprint density at radius 3 is 2.74 bits per heavy atom. The van der Waals surface area contributed by atoms with Crippen molar-refractivity contribution in [2.75, 3.05) is 6.54 Å². The van der Waals surface area contributed by atoms with Gasteiger partial charge < -0.3 is 4.57 Å². The Morgan fingerprint density at radius 2 is 2.03 bits per heavy atom. The smallest absolute Gasteiger partial charge is 0.266 e. The molecule has 1 aliphatic rings. The summed E-state index contributed by atoms with van der Waals surface area (Å²) in [6.07, 6.45) is 2.81. The number of allylic oxidation sites excluding steroid dienone is 1. The van der Waals surface area contributed by atoms with Crippen molar-refractivity contribution < 1.29 is 13.2 Å². The quantitative estimate of drug-likeness (QED) is 0.521. The minimum Gasteiger partial charge on any atom is -0.313 e. The highest BCUT2D eigenvalue weighted by molar-refractivity contribution is 7.89. The first-order valence-corrected chi connectivity index (χ1v) is 12.5. The van der Waals surface area contributed by atoms with E-state index in [1.165, 1.54) is 39.9 Å². The Balaban J connectivity index is 1.72. The Hall–Kier alpha value is -2.26. The summed E-state index contributed by atoms with van der Waals surface area (Å²) >= 11 is 7.31. The van der Waals surface area contributed by atoms with E-state index in [-0.39, 0.29) is 11.4 Å². The number of sulfonamides is 1. The number of aromatic nitrogens is 1. The summed E-state index contributed by atoms with van der Waals surface area (Å²) in [7, 11) is -3.82. The third kappa shape index (κ3) is 4.25. The van der Waals surface area contributed by atoms with Crippen LogP contribution in [-0.2, 0) is 21.4 Å². The number of nitrogens with zero attached hydrogens (tertiary/aromatic N) is 3. The average molecular weight is 476 g/mol. The van der Waals surface area contributed by atoms with Crippen LogP contribution in [0.1, 0.15) is 18.4 Å². The zero-order valence-electron chi connectivity index (χ0n) is 17.0. The van der Waals surface area contributed by atoms with E-state index in [2.05, 4.69) is 17.6 Å². The predicted octanol–water partition coefficient (Wildman–Crippen LogP) is 4.13. The molecule has 0 bridgehead atoms. The second-order valence-electron chi connectivity index (χ2n) is 7.43. The molecule has 0 aliphatic carbocycles. The van der Waals surface area contributed by atoms with E-state index in [4.69, 9.17) is 11.6 Å². The highest BCUT2D eigenvalue weighted by atomic mass is 35.5. The first-order chi connectivity index (χ1) is 14.8. The molecule has 31 heavy (non-hydrogen) atoms. The van der Waals surface area contributed by atoms with E-state index in [1.54, 1.807) is 6.08 Å². The van der Waals surface area contributed by atoms with Crippen molar-refractivity contribution in [3.05, 3.63) is 70.5 Å². The van der Waals surface area contributed by atoms with Crippen LogP contribution in [0.4, 0.5) is 0 Å². The molecular weight excluding hydrogens is 454 g/mol. The van der Waals surface area contributed by atoms with Gasteiger partial charge in [0.05, 0.1) is 15.1 Å². The minimum atomic E-state index is -3.82. The molecule has 1 amide bonds. The molecule has 1 saturated heterocycles. The van der Waals surface area contributed by atoms with Crippen molar-refractivity contribution in [1.29, 1.82) is 0 Å². The maximum Gasteiger partial charge on any atom is 0.266 e. The summed E-state index contributed by atoms with van der Waals surface area (Å²) in [5, 5.41) is 0.453. The number of hydrogen-bond acceptors (Lipinski definition) is 4. The summed E-state index contributed by atoms with van der Waals surface area (Å²) in [6.45, 7) is 6.61. The van der Waals surface area contributed by atoms with Gasteiger partial charge in [-0.1, -0.05) is 35.1 Å². The molecule has 2 aromatic carbocycles. The van der Waals surface area contributed by atoms with Gasteiger partial charge in [0.2, 0.25) is 10.0 Å². The molecule has 0 spiro atoms. The first-order valence-electron chi connectivity index (χ1n) is 9.88. The second-order valence-corrected chi connectivity index (χ2v) is 10.8. The Morgan fingerprint density at radius 1 is 1.29 bits per heavy atom. The number of amides is 1. The molecule has 0 saturated carbocycles. The number of aryl methyl sites for hydroxylation is 1. The number of benzene rings is 2. The average Bonchev–Trinajstić information content (AvgIpc) is 3.34. The number of halogens is 1. The fourth-order valence-electron chi connectivity index (χ4n) is 3.76. The van der Waals surface area contributed by atoms with Crippen LogP contribution in [0, 0.1) is 6.92 Å². The molecule has 1 unspecified atom stereocenters. The molecule has 0 radical (unpaired) electrons. The maximum atomic E-state index is 13.1. The van der Waals surface area contributed by atoms with Gasteiger partial charge in [0, 0.05) is 18.1 Å². The van der Waals surface area contributed by atoms with Crippen molar-refractivity contribution in [3.63, 3.8) is 0 Å². The lowest BCUT2D eigenvalue weighted by Crippen LogP contribution is -2.40. The van der Waals surface area contributed by atoms with Gasteiger partial charge in [-0.05, 0) is 61.7 Å². The molecule has 4 rings (SSSR count). The first kappa shape index (κ1) is 22.0. The van der Waals surface area contributed by atoms with Gasteiger partial charge in [0.1, 0.15) is 6.04 Å². The largest absolute Gasteiger partial charge is 0.313 e. The number of hydrogen-bond donors (Lipinski definition) is 0. The highest BCUT2D eigenvalue weighted by Crippen LogP contribution is 2.28. The van der Waals surface area contributed by atoms with Crippen molar-refractivity contribution in [2.24, 2.45) is 4.99 Å². The Labute approximate surface area is 190 Å². The number of carbonyl (C=O) groups excluding carboxylic acids is 1. The normalized spacial score (nSPS) is 18.0. The Kier molecular flexibility index (Phi) is 6.16. The predicted molar refractivity (Wildman–Crippen MR) is 124 cm³/mol. The molecule has 1 aliphatic heterocycles. The lowest BCUT2D eigenvalue weighted by Gasteiger charge is -2.21. The standard InChI is InChI=1S/C22H22ClN3O3S2/c1-3-12-25-18-11-6-15(2)14-20(18)30-22(25)24-21(27)19-5-4-13-26(19)31(28,29)17-9-7-16(23)8-10-17/h3,6-11,14,19H,1,4-5,12-13H2,2H3. The summed E-state index contributed by atoms with van der Waals surface area (Å²) in [6, 6.07) is 11.2. The second kappa shape index (κ2) is 8.70. The maximum absolute atomic E-state index is 13.1. The molecule has 1 fully saturated rings. The molecule has 2 heterocycles. The molecule has 0 N–H and O–H groups in total. The van der Waals surface area contributed by atoms with Crippen LogP contribution in [0.5, 0.6) is 0 Å². The van der Waals surface area contributed by atoms with Gasteiger partial charge in [-0.3, -0.25) is 4.79 Å². The van der Waals surface area contributed by atoms with Crippen LogP contribution in [0.15, 0.2) is 65.0 Å². The van der Waals surface area contributed by atoms with Crippen LogP contribution < -0.4 is 4.80 Å². The molecule has 6 nitrogen and oxygen atoms in total. The fourth-order valence-corrected chi connectivity index (χ4v) is 6.68. The molecular formula is C22H22ClN3O3S2. The van der Waals surface area contributed by atoms with Gasteiger partial charge in [-0.15, -0.1) is 6.58 Å². The van der Waals surface area contributed by atoms with Crippen molar-refractivity contribution in [2.45, 2.75) is 37.2 Å². The lowest BCUT2D eigenvalue weighted by atomic mass is 10.2. The summed E-state index contributed by atoms with van der Waals surface area (Å²) in [5.74, 6) is -0.448. The molecule has 9 heteroatoms. The van der Waals surface area contributed by atoms with Crippen molar-refractivity contribution in [3.8, 4) is 0 Å². The van der Waals surface area contributed by atoms with E-state index < -0.39 is 22.0 Å². The number of thiazole rings is 1. The lowest BCUT2D eigenvalue weighted by molar-refractivity contribution is -0.121. The topological polar surface area (TPSA) is 71.7 Å². The molecule has 162 valence electrons. The highest BCUT2D eigenvalue weighted by Gasteiger charge is 2.39. The minimum absolute atomic E-state index is 0.121. The number of rotatable bonds is 5. The third-order valence-corrected chi connectivity index (χ3v) is 8.48. The van der Waals surface area contributed by atoms with E-state index in [0.29, 0.717) is 29.2 Å². The van der Waals surface area contributed by atoms with Crippen LogP contribution in [0.3, 0.4) is 0 Å². The van der Waals surface area contributed by atoms with E-state index in [1.807, 2.05) is 23.6 Å². The van der Waals surface area contributed by atoms with E-state index >= 15 is 0 Å². The zero-order chi connectivity index (χ0) is 22.2. The summed E-state index contributed by atoms with van der Waals surface area (Å²) in [4.78, 5) is 18.2. The van der Waals surface area contributed by atoms with Crippen LogP contribution in [-0.4, -0.2) is 35.8 Å². The zero-order valence-corrected chi connectivity index (χ0v) is 19.4. The van der Waals surface area contributed by atoms with Crippen molar-refractivity contribution in [1.82, 2.24) is 8.87 Å². The van der Waals surface area contributed by atoms with E-state index in [9.17, 15) is 13.2 Å². The molecule has 1 aromatic heterocycles. The molecule has 1 atom stereocenters. The molecule has 3 aromatic rings. The van der Waals surface area contributed by atoms with Gasteiger partial charge >= 0.3 is 0 Å². The van der Waals surface area contributed by atoms with Gasteiger partial charge in [-0.2, -0.15) is 9.30 Å². The van der Waals surface area contributed by atoms with Crippen LogP contribution >= 0.6 is 22.9 Å². The van der Waals surface area contributed by atoms with Gasteiger partial charge in [-0.25, -0.2) is 8.42 Å². The summed E-state index contributed by atoms with van der Waals surface area (Å²) < 4.78 is 30.5. The van der Waals surface area contributed by atoms with Crippen molar-refractivity contribution >= 4 is 49.1 Å². The number of fused-ring (bicyclic) bond motifs is 1. The summed E-state index contributed by atoms with van der Waals surface area (Å²) in [5.41, 5.74) is 2.09. The number of carbonyl (C=O) groups is 1. The monoisotopic (exact) mass is 475 g/mol. The fraction of sp³-hybridized carbons (Fsp3) is 0.273. The van der Waals surface area contributed by atoms with Gasteiger partial charge in [0.15, 0.2) is 4.80 Å². The van der Waals surface area contributed by atoms with Gasteiger partial charge in [0.25, 0.3) is 5.91 Å². The van der Waals surface area contributed by atoms with E-state index in [0.717, 1.165) is 15.8 Å².